The van der Waals surface area contributed by atoms with E-state index >= 15 is 0 Å². The molecule has 1 fully saturated rings. The van der Waals surface area contributed by atoms with Crippen LogP contribution in [0.15, 0.2) is 47.9 Å². The molecule has 3 aromatic rings. The Morgan fingerprint density at radius 3 is 2.72 bits per heavy atom. The molecule has 2 aliphatic carbocycles. The van der Waals surface area contributed by atoms with Crippen LogP contribution in [0, 0.1) is 0 Å². The molecule has 5 rings (SSSR count). The van der Waals surface area contributed by atoms with Crippen LogP contribution in [0.2, 0.25) is 5.15 Å². The highest BCUT2D eigenvalue weighted by Gasteiger charge is 2.30. The van der Waals surface area contributed by atoms with Crippen molar-refractivity contribution in [3.63, 3.8) is 0 Å². The molecular formula is C23H23ClN4O. The van der Waals surface area contributed by atoms with Crippen molar-refractivity contribution in [1.29, 1.82) is 0 Å². The quantitative estimate of drug-likeness (QED) is 0.589. The minimum Gasteiger partial charge on any atom is -0.296 e. The maximum atomic E-state index is 13.4. The Bertz CT molecular complexity index is 1090. The highest BCUT2D eigenvalue weighted by atomic mass is 35.5. The largest absolute Gasteiger partial charge is 0.296 e. The normalized spacial score (nSPS) is 18.9. The number of pyridine rings is 2. The van der Waals surface area contributed by atoms with Crippen molar-refractivity contribution in [3.05, 3.63) is 75.3 Å². The van der Waals surface area contributed by atoms with Crippen molar-refractivity contribution >= 4 is 11.6 Å². The Morgan fingerprint density at radius 2 is 1.93 bits per heavy atom. The average Bonchev–Trinajstić information content (AvgIpc) is 2.77. The van der Waals surface area contributed by atoms with Gasteiger partial charge in [-0.25, -0.2) is 9.97 Å². The molecule has 0 radical (unpaired) electrons. The number of hydrogen-bond acceptors (Lipinski definition) is 4. The predicted octanol–water partition coefficient (Wildman–Crippen LogP) is 4.74. The first-order chi connectivity index (χ1) is 14.2. The van der Waals surface area contributed by atoms with Gasteiger partial charge in [0.05, 0.1) is 12.0 Å². The lowest BCUT2D eigenvalue weighted by Gasteiger charge is -2.29. The lowest BCUT2D eigenvalue weighted by Crippen LogP contribution is -2.32. The second kappa shape index (κ2) is 7.71. The Labute approximate surface area is 174 Å². The van der Waals surface area contributed by atoms with E-state index in [0.29, 0.717) is 11.6 Å². The van der Waals surface area contributed by atoms with Crippen molar-refractivity contribution in [2.24, 2.45) is 0 Å². The Kier molecular flexibility index (Phi) is 4.92. The summed E-state index contributed by atoms with van der Waals surface area (Å²) in [6, 6.07) is 6.09. The molecule has 6 heteroatoms. The van der Waals surface area contributed by atoms with Crippen LogP contribution in [0.1, 0.15) is 60.8 Å². The molecule has 29 heavy (non-hydrogen) atoms. The number of rotatable bonds is 3. The molecule has 0 aromatic carbocycles. The molecule has 1 atom stereocenters. The molecule has 1 unspecified atom stereocenters. The van der Waals surface area contributed by atoms with E-state index in [1.54, 1.807) is 12.5 Å². The van der Waals surface area contributed by atoms with Gasteiger partial charge in [0.2, 0.25) is 0 Å². The third-order valence-electron chi connectivity index (χ3n) is 6.33. The first kappa shape index (κ1) is 18.5. The number of hydrogen-bond donors (Lipinski definition) is 0. The summed E-state index contributed by atoms with van der Waals surface area (Å²) in [4.78, 5) is 26.7. The van der Waals surface area contributed by atoms with Crippen LogP contribution in [-0.4, -0.2) is 19.5 Å². The van der Waals surface area contributed by atoms with Crippen molar-refractivity contribution < 1.29 is 0 Å². The van der Waals surface area contributed by atoms with E-state index in [1.807, 2.05) is 35.2 Å². The third-order valence-corrected chi connectivity index (χ3v) is 6.55. The van der Waals surface area contributed by atoms with Crippen molar-refractivity contribution in [2.45, 2.75) is 56.9 Å². The molecule has 0 bridgehead atoms. The van der Waals surface area contributed by atoms with Crippen molar-refractivity contribution in [3.8, 4) is 11.3 Å². The van der Waals surface area contributed by atoms with Crippen LogP contribution in [-0.2, 0) is 12.8 Å². The van der Waals surface area contributed by atoms with E-state index < -0.39 is 0 Å². The van der Waals surface area contributed by atoms with Gasteiger partial charge in [-0.2, -0.15) is 0 Å². The molecule has 3 heterocycles. The van der Waals surface area contributed by atoms with Crippen LogP contribution in [0.25, 0.3) is 11.3 Å². The zero-order valence-electron chi connectivity index (χ0n) is 16.2. The zero-order valence-corrected chi connectivity index (χ0v) is 17.0. The molecule has 1 saturated carbocycles. The lowest BCUT2D eigenvalue weighted by molar-refractivity contribution is 0.342. The van der Waals surface area contributed by atoms with Crippen LogP contribution >= 0.6 is 11.6 Å². The van der Waals surface area contributed by atoms with Gasteiger partial charge in [-0.15, -0.1) is 0 Å². The van der Waals surface area contributed by atoms with Gasteiger partial charge in [0.1, 0.15) is 5.15 Å². The van der Waals surface area contributed by atoms with Gasteiger partial charge in [-0.1, -0.05) is 36.9 Å². The fourth-order valence-electron chi connectivity index (χ4n) is 4.84. The third kappa shape index (κ3) is 3.48. The second-order valence-corrected chi connectivity index (χ2v) is 8.52. The Morgan fingerprint density at radius 1 is 1.07 bits per heavy atom. The molecule has 0 saturated heterocycles. The maximum absolute atomic E-state index is 13.4. The van der Waals surface area contributed by atoms with Crippen LogP contribution in [0.3, 0.4) is 0 Å². The van der Waals surface area contributed by atoms with E-state index in [1.165, 1.54) is 19.3 Å². The SMILES string of the molecule is O=c1c2c(ncn1C1CCCCC1)-c1ccncc1C(Cc1ccc(Cl)nc1)C2. The molecule has 148 valence electrons. The summed E-state index contributed by atoms with van der Waals surface area (Å²) < 4.78 is 1.89. The highest BCUT2D eigenvalue weighted by Crippen LogP contribution is 2.38. The molecule has 2 aliphatic rings. The van der Waals surface area contributed by atoms with E-state index in [0.717, 1.165) is 47.2 Å². The van der Waals surface area contributed by atoms with E-state index in [2.05, 4.69) is 9.97 Å². The summed E-state index contributed by atoms with van der Waals surface area (Å²) in [5, 5.41) is 0.490. The molecular weight excluding hydrogens is 384 g/mol. The maximum Gasteiger partial charge on any atom is 0.257 e. The van der Waals surface area contributed by atoms with Gasteiger partial charge in [0.25, 0.3) is 5.56 Å². The van der Waals surface area contributed by atoms with Gasteiger partial charge in [-0.05, 0) is 54.9 Å². The second-order valence-electron chi connectivity index (χ2n) is 8.13. The van der Waals surface area contributed by atoms with Gasteiger partial charge >= 0.3 is 0 Å². The fraction of sp³-hybridized carbons (Fsp3) is 0.391. The highest BCUT2D eigenvalue weighted by molar-refractivity contribution is 6.29. The van der Waals surface area contributed by atoms with Gasteiger partial charge in [0.15, 0.2) is 0 Å². The summed E-state index contributed by atoms with van der Waals surface area (Å²) in [6.45, 7) is 0. The topological polar surface area (TPSA) is 60.7 Å². The first-order valence-electron chi connectivity index (χ1n) is 10.4. The summed E-state index contributed by atoms with van der Waals surface area (Å²) in [5.74, 6) is 0.172. The van der Waals surface area contributed by atoms with Crippen LogP contribution < -0.4 is 5.56 Å². The van der Waals surface area contributed by atoms with E-state index in [4.69, 9.17) is 16.6 Å². The molecule has 0 spiro atoms. The van der Waals surface area contributed by atoms with Gasteiger partial charge in [0, 0.05) is 35.8 Å². The number of halogens is 1. The minimum atomic E-state index is 0.128. The Hall–Kier alpha value is -2.53. The summed E-state index contributed by atoms with van der Waals surface area (Å²) >= 11 is 5.94. The standard InChI is InChI=1S/C23H23ClN4O/c24-21-7-6-15(12-26-21)10-16-11-19-22(18-8-9-25-13-20(16)18)27-14-28(23(19)29)17-4-2-1-3-5-17/h6-9,12-14,16-17H,1-5,10-11H2. The average molecular weight is 407 g/mol. The fourth-order valence-corrected chi connectivity index (χ4v) is 4.95. The molecule has 0 aliphatic heterocycles. The monoisotopic (exact) mass is 406 g/mol. The molecule has 0 amide bonds. The van der Waals surface area contributed by atoms with Crippen molar-refractivity contribution in [2.75, 3.05) is 0 Å². The number of nitrogens with zero attached hydrogens (tertiary/aromatic N) is 4. The number of fused-ring (bicyclic) bond motifs is 3. The minimum absolute atomic E-state index is 0.128. The molecule has 0 N–H and O–H groups in total. The summed E-state index contributed by atoms with van der Waals surface area (Å²) in [7, 11) is 0. The lowest BCUT2D eigenvalue weighted by atomic mass is 9.79. The predicted molar refractivity (Wildman–Crippen MR) is 113 cm³/mol. The molecule has 5 nitrogen and oxygen atoms in total. The van der Waals surface area contributed by atoms with Gasteiger partial charge < -0.3 is 0 Å². The summed E-state index contributed by atoms with van der Waals surface area (Å²) in [6.07, 6.45) is 14.5. The van der Waals surface area contributed by atoms with Crippen molar-refractivity contribution in [1.82, 2.24) is 19.5 Å². The smallest absolute Gasteiger partial charge is 0.257 e. The Balaban J connectivity index is 1.56. The number of aromatic nitrogens is 4. The van der Waals surface area contributed by atoms with Crippen LogP contribution in [0.4, 0.5) is 0 Å². The van der Waals surface area contributed by atoms with Crippen LogP contribution in [0.5, 0.6) is 0 Å². The first-order valence-corrected chi connectivity index (χ1v) is 10.7. The van der Waals surface area contributed by atoms with E-state index in [-0.39, 0.29) is 17.5 Å². The van der Waals surface area contributed by atoms with Gasteiger partial charge in [-0.3, -0.25) is 14.3 Å². The van der Waals surface area contributed by atoms with E-state index in [9.17, 15) is 4.79 Å². The zero-order chi connectivity index (χ0) is 19.8. The molecule has 3 aromatic heterocycles. The summed E-state index contributed by atoms with van der Waals surface area (Å²) in [5.41, 5.74) is 5.07.